The van der Waals surface area contributed by atoms with Crippen molar-refractivity contribution in [2.45, 2.75) is 40.4 Å². The van der Waals surface area contributed by atoms with E-state index in [1.807, 2.05) is 19.9 Å². The molecule has 0 aliphatic carbocycles. The van der Waals surface area contributed by atoms with Crippen molar-refractivity contribution in [3.8, 4) is 0 Å². The summed E-state index contributed by atoms with van der Waals surface area (Å²) in [5.41, 5.74) is 2.94. The lowest BCUT2D eigenvalue weighted by atomic mass is 10.0. The highest BCUT2D eigenvalue weighted by molar-refractivity contribution is 6.35. The highest BCUT2D eigenvalue weighted by Gasteiger charge is 2.33. The summed E-state index contributed by atoms with van der Waals surface area (Å²) in [4.78, 5) is 12.7. The molecule has 0 unspecified atom stereocenters. The van der Waals surface area contributed by atoms with Gasteiger partial charge in [0.2, 0.25) is 0 Å². The predicted molar refractivity (Wildman–Crippen MR) is 108 cm³/mol. The molecule has 1 heterocycles. The molecular weight excluding hydrogens is 395 g/mol. The second-order valence-corrected chi connectivity index (χ2v) is 7.52. The first kappa shape index (κ1) is 21.2. The van der Waals surface area contributed by atoms with E-state index in [2.05, 4.69) is 10.2 Å². The lowest BCUT2D eigenvalue weighted by Crippen LogP contribution is -2.17. The topological polar surface area (TPSA) is 31.2 Å². The van der Waals surface area contributed by atoms with E-state index in [9.17, 15) is 18.0 Å². The number of ether oxygens (including phenoxy) is 1. The number of hydrogen-bond donors (Lipinski definition) is 0. The van der Waals surface area contributed by atoms with Gasteiger partial charge in [0.05, 0.1) is 22.4 Å². The van der Waals surface area contributed by atoms with Gasteiger partial charge in [-0.05, 0) is 56.5 Å². The summed E-state index contributed by atoms with van der Waals surface area (Å²) in [5, 5.41) is 1.75. The van der Waals surface area contributed by atoms with Gasteiger partial charge in [0, 0.05) is 17.4 Å². The van der Waals surface area contributed by atoms with Crippen LogP contribution in [-0.2, 0) is 17.5 Å². The molecule has 7 heteroatoms. The van der Waals surface area contributed by atoms with Crippen molar-refractivity contribution in [2.24, 2.45) is 0 Å². The predicted octanol–water partition coefficient (Wildman–Crippen LogP) is 4.60. The molecule has 0 aliphatic heterocycles. The standard InChI is InChI=1S/C22H21F3NO2Si/c1-5-28-21(27)19-13(3)18-14(4)20(29)12(2)10-17(18)26(19)11-15-8-6-7-9-16(15)22(23,24)25/h6-10H,5,11H2,1-4H3. The van der Waals surface area contributed by atoms with Gasteiger partial charge in [-0.15, -0.1) is 0 Å². The fourth-order valence-corrected chi connectivity index (χ4v) is 4.02. The van der Waals surface area contributed by atoms with E-state index in [0.29, 0.717) is 11.1 Å². The number of esters is 1. The lowest BCUT2D eigenvalue weighted by Gasteiger charge is -2.16. The molecule has 3 nitrogen and oxygen atoms in total. The van der Waals surface area contributed by atoms with Crippen LogP contribution in [0.1, 0.15) is 45.2 Å². The Morgan fingerprint density at radius 2 is 1.79 bits per heavy atom. The van der Waals surface area contributed by atoms with E-state index in [4.69, 9.17) is 4.74 Å². The Bertz CT molecular complexity index is 1100. The third-order valence-corrected chi connectivity index (χ3v) is 5.93. The zero-order valence-corrected chi connectivity index (χ0v) is 17.7. The molecular formula is C22H21F3NO2Si. The van der Waals surface area contributed by atoms with E-state index < -0.39 is 17.7 Å². The Labute approximate surface area is 170 Å². The van der Waals surface area contributed by atoms with Gasteiger partial charge in [-0.2, -0.15) is 13.2 Å². The highest BCUT2D eigenvalue weighted by Crippen LogP contribution is 2.35. The molecule has 3 aromatic rings. The Morgan fingerprint density at radius 1 is 1.14 bits per heavy atom. The Hall–Kier alpha value is -2.54. The normalized spacial score (nSPS) is 11.9. The van der Waals surface area contributed by atoms with Gasteiger partial charge in [-0.25, -0.2) is 4.79 Å². The van der Waals surface area contributed by atoms with Crippen LogP contribution in [0.15, 0.2) is 30.3 Å². The summed E-state index contributed by atoms with van der Waals surface area (Å²) in [6.45, 7) is 7.43. The summed E-state index contributed by atoms with van der Waals surface area (Å²) >= 11 is 0. The summed E-state index contributed by atoms with van der Waals surface area (Å²) < 4.78 is 47.4. The molecule has 0 saturated heterocycles. The minimum Gasteiger partial charge on any atom is -0.461 e. The molecule has 3 radical (unpaired) electrons. The fourth-order valence-electron chi connectivity index (χ4n) is 3.82. The smallest absolute Gasteiger partial charge is 0.416 e. The van der Waals surface area contributed by atoms with Gasteiger partial charge < -0.3 is 9.30 Å². The summed E-state index contributed by atoms with van der Waals surface area (Å²) in [6, 6.07) is 7.32. The number of benzene rings is 2. The minimum absolute atomic E-state index is 0.0892. The first-order valence-electron chi connectivity index (χ1n) is 9.24. The molecule has 0 N–H and O–H groups in total. The average molecular weight is 416 g/mol. The number of carbonyl (C=O) groups is 1. The van der Waals surface area contributed by atoms with Crippen LogP contribution in [0, 0.1) is 20.8 Å². The van der Waals surface area contributed by atoms with Crippen molar-refractivity contribution in [3.05, 3.63) is 63.8 Å². The van der Waals surface area contributed by atoms with Crippen LogP contribution in [-0.4, -0.2) is 27.4 Å². The van der Waals surface area contributed by atoms with Crippen LogP contribution in [0.2, 0.25) is 0 Å². The fraction of sp³-hybridized carbons (Fsp3) is 0.318. The van der Waals surface area contributed by atoms with Crippen LogP contribution >= 0.6 is 0 Å². The number of aryl methyl sites for hydroxylation is 3. The molecule has 2 aromatic carbocycles. The number of nitrogens with zero attached hydrogens (tertiary/aromatic N) is 1. The van der Waals surface area contributed by atoms with Crippen molar-refractivity contribution < 1.29 is 22.7 Å². The lowest BCUT2D eigenvalue weighted by molar-refractivity contribution is -0.138. The Kier molecular flexibility index (Phi) is 5.62. The molecule has 0 amide bonds. The van der Waals surface area contributed by atoms with E-state index in [1.54, 1.807) is 24.5 Å². The molecule has 3 rings (SSSR count). The maximum Gasteiger partial charge on any atom is 0.416 e. The Morgan fingerprint density at radius 3 is 2.41 bits per heavy atom. The number of carbonyl (C=O) groups excluding carboxylic acids is 1. The van der Waals surface area contributed by atoms with Crippen LogP contribution in [0.5, 0.6) is 0 Å². The number of hydrogen-bond acceptors (Lipinski definition) is 2. The number of rotatable bonds is 4. The SMILES string of the molecule is CCOC(=O)c1c(C)c2c(C)c([Si])c(C)cc2n1Cc1ccccc1C(F)(F)F. The maximum absolute atomic E-state index is 13.5. The van der Waals surface area contributed by atoms with Crippen molar-refractivity contribution in [1.82, 2.24) is 4.57 Å². The second kappa shape index (κ2) is 7.70. The monoisotopic (exact) mass is 416 g/mol. The van der Waals surface area contributed by atoms with Gasteiger partial charge in [0.1, 0.15) is 5.69 Å². The van der Waals surface area contributed by atoms with E-state index in [-0.39, 0.29) is 24.4 Å². The largest absolute Gasteiger partial charge is 0.461 e. The number of aromatic nitrogens is 1. The summed E-state index contributed by atoms with van der Waals surface area (Å²) in [5.74, 6) is -0.543. The zero-order valence-electron chi connectivity index (χ0n) is 16.7. The van der Waals surface area contributed by atoms with Crippen molar-refractivity contribution in [3.63, 3.8) is 0 Å². The number of halogens is 3. The summed E-state index contributed by atoms with van der Waals surface area (Å²) in [6.07, 6.45) is -4.48. The second-order valence-electron chi connectivity index (χ2n) is 7.02. The van der Waals surface area contributed by atoms with Crippen molar-refractivity contribution >= 4 is 32.3 Å². The molecule has 1 aromatic heterocycles. The van der Waals surface area contributed by atoms with Gasteiger partial charge in [0.15, 0.2) is 0 Å². The molecule has 0 spiro atoms. The molecule has 0 atom stereocenters. The average Bonchev–Trinajstić information content (AvgIpc) is 2.91. The van der Waals surface area contributed by atoms with Crippen molar-refractivity contribution in [1.29, 1.82) is 0 Å². The van der Waals surface area contributed by atoms with Crippen molar-refractivity contribution in [2.75, 3.05) is 6.61 Å². The molecule has 0 bridgehead atoms. The van der Waals surface area contributed by atoms with Gasteiger partial charge in [-0.1, -0.05) is 28.9 Å². The molecule has 0 aliphatic rings. The Balaban J connectivity index is 2.32. The van der Waals surface area contributed by atoms with Crippen LogP contribution < -0.4 is 5.19 Å². The van der Waals surface area contributed by atoms with Crippen LogP contribution in [0.3, 0.4) is 0 Å². The minimum atomic E-state index is -4.48. The first-order chi connectivity index (χ1) is 13.6. The van der Waals surface area contributed by atoms with Crippen LogP contribution in [0.25, 0.3) is 10.9 Å². The third-order valence-electron chi connectivity index (χ3n) is 5.16. The quantitative estimate of drug-likeness (QED) is 0.460. The number of fused-ring (bicyclic) bond motifs is 1. The zero-order chi connectivity index (χ0) is 21.5. The van der Waals surface area contributed by atoms with Crippen LogP contribution in [0.4, 0.5) is 13.2 Å². The van der Waals surface area contributed by atoms with E-state index >= 15 is 0 Å². The molecule has 29 heavy (non-hydrogen) atoms. The maximum atomic E-state index is 13.5. The molecule has 151 valence electrons. The van der Waals surface area contributed by atoms with Gasteiger partial charge in [0.25, 0.3) is 0 Å². The third kappa shape index (κ3) is 3.71. The van der Waals surface area contributed by atoms with Gasteiger partial charge >= 0.3 is 12.1 Å². The highest BCUT2D eigenvalue weighted by atomic mass is 28.1. The summed E-state index contributed by atoms with van der Waals surface area (Å²) in [7, 11) is 3.62. The molecule has 0 saturated carbocycles. The van der Waals surface area contributed by atoms with E-state index in [1.165, 1.54) is 12.1 Å². The van der Waals surface area contributed by atoms with Gasteiger partial charge in [-0.3, -0.25) is 0 Å². The first-order valence-corrected chi connectivity index (χ1v) is 9.74. The van der Waals surface area contributed by atoms with E-state index in [0.717, 1.165) is 27.8 Å². The number of alkyl halides is 3. The molecule has 0 fully saturated rings.